The van der Waals surface area contributed by atoms with E-state index in [2.05, 4.69) is 0 Å². The van der Waals surface area contributed by atoms with E-state index in [1.807, 2.05) is 16.9 Å². The lowest BCUT2D eigenvalue weighted by molar-refractivity contribution is -0.137. The molecule has 6 nitrogen and oxygen atoms in total. The predicted molar refractivity (Wildman–Crippen MR) is 106 cm³/mol. The minimum Gasteiger partial charge on any atom is -0.494 e. The molecule has 1 aromatic heterocycles. The molecule has 2 aromatic carbocycles. The van der Waals surface area contributed by atoms with E-state index in [4.69, 9.17) is 4.74 Å². The van der Waals surface area contributed by atoms with Crippen LogP contribution in [0.2, 0.25) is 0 Å². The molecule has 0 aliphatic rings. The van der Waals surface area contributed by atoms with Gasteiger partial charge in [-0.25, -0.2) is 13.1 Å². The summed E-state index contributed by atoms with van der Waals surface area (Å²) in [6, 6.07) is 13.2. The molecule has 0 fully saturated rings. The number of aryl methyl sites for hydroxylation is 1. The summed E-state index contributed by atoms with van der Waals surface area (Å²) in [5, 5.41) is 0.778. The van der Waals surface area contributed by atoms with Gasteiger partial charge in [-0.2, -0.15) is 13.2 Å². The Bertz CT molecular complexity index is 1150. The first-order chi connectivity index (χ1) is 14.0. The van der Waals surface area contributed by atoms with Gasteiger partial charge in [-0.3, -0.25) is 4.79 Å². The number of rotatable bonds is 7. The number of sulfonamides is 1. The number of carbonyl (C=O) groups is 1. The van der Waals surface area contributed by atoms with E-state index in [9.17, 15) is 26.4 Å². The van der Waals surface area contributed by atoms with E-state index >= 15 is 0 Å². The summed E-state index contributed by atoms with van der Waals surface area (Å²) in [5.74, 6) is -0.437. The molecule has 0 saturated carbocycles. The second kappa shape index (κ2) is 8.39. The molecule has 0 unspecified atom stereocenters. The molecule has 10 heteroatoms. The van der Waals surface area contributed by atoms with Crippen molar-refractivity contribution in [2.45, 2.75) is 19.1 Å². The van der Waals surface area contributed by atoms with Gasteiger partial charge in [0.1, 0.15) is 11.4 Å². The lowest BCUT2D eigenvalue weighted by atomic mass is 10.2. The standard InChI is InChI=1S/C20H19F3N2O4S/c1-30(27,28)24-19(26)18-13-14-5-2-3-6-17(14)25(18)11-4-12-29-16-9-7-15(8-10-16)20(21,22)23/h2-3,5-10,13H,4,11-12H2,1H3,(H,24,26). The molecule has 1 heterocycles. The summed E-state index contributed by atoms with van der Waals surface area (Å²) in [7, 11) is -3.72. The summed E-state index contributed by atoms with van der Waals surface area (Å²) >= 11 is 0. The number of carbonyl (C=O) groups excluding carboxylic acids is 1. The van der Waals surface area contributed by atoms with Gasteiger partial charge < -0.3 is 9.30 Å². The monoisotopic (exact) mass is 440 g/mol. The molecule has 1 amide bonds. The van der Waals surface area contributed by atoms with Crippen molar-refractivity contribution >= 4 is 26.8 Å². The van der Waals surface area contributed by atoms with Gasteiger partial charge in [-0.1, -0.05) is 18.2 Å². The van der Waals surface area contributed by atoms with Crippen molar-refractivity contribution in [1.29, 1.82) is 0 Å². The zero-order valence-corrected chi connectivity index (χ0v) is 16.8. The first kappa shape index (κ1) is 21.7. The Hall–Kier alpha value is -3.01. The Morgan fingerprint density at radius 2 is 1.77 bits per heavy atom. The molecular weight excluding hydrogens is 421 g/mol. The number of nitrogens with zero attached hydrogens (tertiary/aromatic N) is 1. The Morgan fingerprint density at radius 1 is 1.10 bits per heavy atom. The highest BCUT2D eigenvalue weighted by molar-refractivity contribution is 7.89. The molecule has 1 N–H and O–H groups in total. The second-order valence-electron chi connectivity index (χ2n) is 6.67. The Labute approximate surface area is 171 Å². The van der Waals surface area contributed by atoms with Crippen molar-refractivity contribution in [3.05, 3.63) is 65.9 Å². The van der Waals surface area contributed by atoms with Crippen molar-refractivity contribution in [2.75, 3.05) is 12.9 Å². The number of halogens is 3. The first-order valence-corrected chi connectivity index (χ1v) is 10.8. The third-order valence-electron chi connectivity index (χ3n) is 4.30. The van der Waals surface area contributed by atoms with Gasteiger partial charge in [-0.15, -0.1) is 0 Å². The summed E-state index contributed by atoms with van der Waals surface area (Å²) in [5.41, 5.74) is 0.192. The Morgan fingerprint density at radius 3 is 2.40 bits per heavy atom. The third-order valence-corrected chi connectivity index (χ3v) is 4.85. The van der Waals surface area contributed by atoms with Crippen LogP contribution in [-0.4, -0.2) is 31.8 Å². The number of benzene rings is 2. The maximum Gasteiger partial charge on any atom is 0.416 e. The predicted octanol–water partition coefficient (Wildman–Crippen LogP) is 3.82. The minimum atomic E-state index is -4.41. The number of fused-ring (bicyclic) bond motifs is 1. The maximum absolute atomic E-state index is 12.6. The molecular formula is C20H19F3N2O4S. The number of para-hydroxylation sites is 1. The second-order valence-corrected chi connectivity index (χ2v) is 8.42. The van der Waals surface area contributed by atoms with Crippen LogP contribution < -0.4 is 9.46 Å². The molecule has 30 heavy (non-hydrogen) atoms. The van der Waals surface area contributed by atoms with E-state index < -0.39 is 27.7 Å². The van der Waals surface area contributed by atoms with E-state index in [1.54, 1.807) is 22.8 Å². The van der Waals surface area contributed by atoms with E-state index in [0.717, 1.165) is 29.3 Å². The zero-order valence-electron chi connectivity index (χ0n) is 15.9. The van der Waals surface area contributed by atoms with Gasteiger partial charge in [0.05, 0.1) is 18.4 Å². The SMILES string of the molecule is CS(=O)(=O)NC(=O)c1cc2ccccc2n1CCCOc1ccc(C(F)(F)F)cc1. The highest BCUT2D eigenvalue weighted by Gasteiger charge is 2.30. The van der Waals surface area contributed by atoms with Crippen LogP contribution in [-0.2, 0) is 22.7 Å². The van der Waals surface area contributed by atoms with Gasteiger partial charge >= 0.3 is 6.18 Å². The van der Waals surface area contributed by atoms with Crippen molar-refractivity contribution in [1.82, 2.24) is 9.29 Å². The van der Waals surface area contributed by atoms with Crippen LogP contribution in [0.3, 0.4) is 0 Å². The summed E-state index contributed by atoms with van der Waals surface area (Å²) < 4.78 is 69.8. The van der Waals surface area contributed by atoms with Crippen LogP contribution in [0, 0.1) is 0 Å². The zero-order chi connectivity index (χ0) is 21.9. The maximum atomic E-state index is 12.6. The van der Waals surface area contributed by atoms with Crippen LogP contribution in [0.4, 0.5) is 13.2 Å². The van der Waals surface area contributed by atoms with Gasteiger partial charge in [-0.05, 0) is 42.8 Å². The van der Waals surface area contributed by atoms with Gasteiger partial charge in [0.2, 0.25) is 10.0 Å². The smallest absolute Gasteiger partial charge is 0.416 e. The van der Waals surface area contributed by atoms with Crippen molar-refractivity contribution in [3.63, 3.8) is 0 Å². The average Bonchev–Trinajstić information content (AvgIpc) is 3.02. The third kappa shape index (κ3) is 5.32. The normalized spacial score (nSPS) is 12.1. The number of hydrogen-bond acceptors (Lipinski definition) is 4. The number of nitrogens with one attached hydrogen (secondary N) is 1. The number of aromatic nitrogens is 1. The van der Waals surface area contributed by atoms with Crippen LogP contribution >= 0.6 is 0 Å². The Balaban J connectivity index is 1.69. The lowest BCUT2D eigenvalue weighted by Gasteiger charge is -2.12. The largest absolute Gasteiger partial charge is 0.494 e. The minimum absolute atomic E-state index is 0.191. The van der Waals surface area contributed by atoms with Crippen molar-refractivity contribution < 1.29 is 31.1 Å². The molecule has 0 atom stereocenters. The highest BCUT2D eigenvalue weighted by Crippen LogP contribution is 2.30. The summed E-state index contributed by atoms with van der Waals surface area (Å²) in [6.45, 7) is 0.547. The van der Waals surface area contributed by atoms with Crippen molar-refractivity contribution in [2.24, 2.45) is 0 Å². The fourth-order valence-electron chi connectivity index (χ4n) is 3.01. The summed E-state index contributed by atoms with van der Waals surface area (Å²) in [6.07, 6.45) is -3.06. The van der Waals surface area contributed by atoms with Gasteiger partial charge in [0, 0.05) is 17.4 Å². The molecule has 0 spiro atoms. The first-order valence-electron chi connectivity index (χ1n) is 8.95. The molecule has 160 valence electrons. The quantitative estimate of drug-likeness (QED) is 0.567. The highest BCUT2D eigenvalue weighted by atomic mass is 32.2. The molecule has 0 aliphatic carbocycles. The molecule has 0 aliphatic heterocycles. The summed E-state index contributed by atoms with van der Waals surface area (Å²) in [4.78, 5) is 12.4. The number of amides is 1. The molecule has 3 rings (SSSR count). The van der Waals surface area contributed by atoms with E-state index in [-0.39, 0.29) is 12.3 Å². The molecule has 0 saturated heterocycles. The molecule has 0 bridgehead atoms. The van der Waals surface area contributed by atoms with Crippen LogP contribution in [0.1, 0.15) is 22.5 Å². The van der Waals surface area contributed by atoms with Gasteiger partial charge in [0.25, 0.3) is 5.91 Å². The van der Waals surface area contributed by atoms with Crippen LogP contribution in [0.25, 0.3) is 10.9 Å². The van der Waals surface area contributed by atoms with Crippen LogP contribution in [0.5, 0.6) is 5.75 Å². The number of hydrogen-bond donors (Lipinski definition) is 1. The number of alkyl halides is 3. The Kier molecular flexibility index (Phi) is 6.06. The van der Waals surface area contributed by atoms with Crippen molar-refractivity contribution in [3.8, 4) is 5.75 Å². The fraction of sp³-hybridized carbons (Fsp3) is 0.250. The average molecular weight is 440 g/mol. The van der Waals surface area contributed by atoms with Gasteiger partial charge in [0.15, 0.2) is 0 Å². The van der Waals surface area contributed by atoms with Crippen LogP contribution in [0.15, 0.2) is 54.6 Å². The fourth-order valence-corrected chi connectivity index (χ4v) is 3.45. The molecule has 3 aromatic rings. The molecule has 0 radical (unpaired) electrons. The number of ether oxygens (including phenoxy) is 1. The lowest BCUT2D eigenvalue weighted by Crippen LogP contribution is -2.31. The van der Waals surface area contributed by atoms with E-state index in [1.165, 1.54) is 12.1 Å². The van der Waals surface area contributed by atoms with E-state index in [0.29, 0.717) is 18.7 Å². The topological polar surface area (TPSA) is 77.4 Å².